The maximum atomic E-state index is 13.2. The van der Waals surface area contributed by atoms with Gasteiger partial charge in [0, 0.05) is 39.8 Å². The lowest BCUT2D eigenvalue weighted by Gasteiger charge is -2.35. The number of aryl methyl sites for hydroxylation is 3. The van der Waals surface area contributed by atoms with E-state index in [1.165, 1.54) is 16.7 Å². The summed E-state index contributed by atoms with van der Waals surface area (Å²) in [7, 11) is 1.63. The molecule has 0 unspecified atom stereocenters. The number of nitrogens with one attached hydrogen (secondary N) is 1. The number of fused-ring (bicyclic) bond motifs is 1. The first-order valence-corrected chi connectivity index (χ1v) is 11.8. The van der Waals surface area contributed by atoms with E-state index in [0.29, 0.717) is 23.7 Å². The number of H-pyrrole nitrogens is 1. The van der Waals surface area contributed by atoms with Crippen LogP contribution >= 0.6 is 0 Å². The van der Waals surface area contributed by atoms with Crippen molar-refractivity contribution in [2.75, 3.05) is 31.1 Å². The fourth-order valence-corrected chi connectivity index (χ4v) is 4.71. The number of halogens is 1. The molecule has 0 amide bonds. The third-order valence-corrected chi connectivity index (χ3v) is 6.79. The van der Waals surface area contributed by atoms with Crippen molar-refractivity contribution in [3.63, 3.8) is 0 Å². The molecule has 35 heavy (non-hydrogen) atoms. The minimum absolute atomic E-state index is 0.231. The molecule has 2 aromatic heterocycles. The molecule has 3 heterocycles. The maximum absolute atomic E-state index is 13.2. The lowest BCUT2D eigenvalue weighted by atomic mass is 10.1. The zero-order chi connectivity index (χ0) is 24.7. The third kappa shape index (κ3) is 4.51. The van der Waals surface area contributed by atoms with Gasteiger partial charge in [-0.05, 0) is 42.7 Å². The van der Waals surface area contributed by atoms with Gasteiger partial charge < -0.3 is 4.90 Å². The van der Waals surface area contributed by atoms with Gasteiger partial charge in [0.05, 0.1) is 6.54 Å². The molecule has 1 fully saturated rings. The van der Waals surface area contributed by atoms with Crippen LogP contribution in [0.25, 0.3) is 11.2 Å². The van der Waals surface area contributed by atoms with Gasteiger partial charge in [0.15, 0.2) is 11.2 Å². The summed E-state index contributed by atoms with van der Waals surface area (Å²) in [6.45, 7) is 8.40. The predicted octanol–water partition coefficient (Wildman–Crippen LogP) is 2.55. The van der Waals surface area contributed by atoms with Gasteiger partial charge in [-0.2, -0.15) is 4.98 Å². The minimum atomic E-state index is -0.477. The fraction of sp³-hybridized carbons (Fsp3) is 0.346. The van der Waals surface area contributed by atoms with Crippen LogP contribution < -0.4 is 16.1 Å². The molecule has 2 aromatic carbocycles. The molecule has 0 saturated carbocycles. The number of piperazine rings is 1. The number of imidazole rings is 1. The zero-order valence-electron chi connectivity index (χ0n) is 20.2. The van der Waals surface area contributed by atoms with Gasteiger partial charge in [0.25, 0.3) is 5.56 Å². The van der Waals surface area contributed by atoms with Crippen LogP contribution in [0.1, 0.15) is 22.3 Å². The summed E-state index contributed by atoms with van der Waals surface area (Å²) in [5.74, 6) is 0.458. The van der Waals surface area contributed by atoms with Crippen LogP contribution in [0.2, 0.25) is 0 Å². The van der Waals surface area contributed by atoms with Gasteiger partial charge in [-0.25, -0.2) is 9.18 Å². The molecule has 4 aromatic rings. The van der Waals surface area contributed by atoms with Crippen LogP contribution in [0, 0.1) is 19.7 Å². The van der Waals surface area contributed by atoms with E-state index in [1.54, 1.807) is 7.05 Å². The molecule has 1 saturated heterocycles. The first-order chi connectivity index (χ1) is 16.8. The second-order valence-electron chi connectivity index (χ2n) is 9.31. The maximum Gasteiger partial charge on any atom is 0.329 e. The number of rotatable bonds is 5. The Morgan fingerprint density at radius 3 is 2.40 bits per heavy atom. The standard InChI is InChI=1S/C26H29FN6O2/c1-17-4-5-18(2)20(14-17)16-33-22-23(30(3)26(35)29-24(22)34)28-25(33)32-12-10-31(11-13-32)15-19-6-8-21(27)9-7-19/h4-9,14H,10-13,15-16H2,1-3H3,(H,29,34,35). The highest BCUT2D eigenvalue weighted by Crippen LogP contribution is 2.24. The van der Waals surface area contributed by atoms with E-state index >= 15 is 0 Å². The fourth-order valence-electron chi connectivity index (χ4n) is 4.71. The van der Waals surface area contributed by atoms with Crippen molar-refractivity contribution in [1.82, 2.24) is 24.0 Å². The number of hydrogen-bond acceptors (Lipinski definition) is 5. The SMILES string of the molecule is Cc1ccc(C)c(Cn2c(N3CCN(Cc4ccc(F)cc4)CC3)nc3c2c(=O)[nH]c(=O)n3C)c1. The molecule has 8 nitrogen and oxygen atoms in total. The first kappa shape index (κ1) is 23.0. The predicted molar refractivity (Wildman–Crippen MR) is 135 cm³/mol. The largest absolute Gasteiger partial charge is 0.340 e. The molecule has 0 radical (unpaired) electrons. The van der Waals surface area contributed by atoms with Gasteiger partial charge in [-0.15, -0.1) is 0 Å². The number of nitrogens with zero attached hydrogens (tertiary/aromatic N) is 5. The van der Waals surface area contributed by atoms with E-state index in [2.05, 4.69) is 39.9 Å². The van der Waals surface area contributed by atoms with Crippen LogP contribution in [0.15, 0.2) is 52.1 Å². The van der Waals surface area contributed by atoms with Crippen molar-refractivity contribution in [3.8, 4) is 0 Å². The average molecular weight is 477 g/mol. The highest BCUT2D eigenvalue weighted by molar-refractivity contribution is 5.74. The lowest BCUT2D eigenvalue weighted by Crippen LogP contribution is -2.47. The molecule has 0 aliphatic carbocycles. The van der Waals surface area contributed by atoms with E-state index in [9.17, 15) is 14.0 Å². The van der Waals surface area contributed by atoms with Gasteiger partial charge in [-0.1, -0.05) is 35.9 Å². The molecule has 0 spiro atoms. The number of hydrogen-bond donors (Lipinski definition) is 1. The lowest BCUT2D eigenvalue weighted by molar-refractivity contribution is 0.248. The third-order valence-electron chi connectivity index (χ3n) is 6.79. The van der Waals surface area contributed by atoms with E-state index in [-0.39, 0.29) is 5.82 Å². The Labute approximate surface area is 202 Å². The van der Waals surface area contributed by atoms with Crippen molar-refractivity contribution in [2.45, 2.75) is 26.9 Å². The number of anilines is 1. The first-order valence-electron chi connectivity index (χ1n) is 11.8. The Balaban J connectivity index is 1.48. The average Bonchev–Trinajstić information content (AvgIpc) is 3.22. The number of benzene rings is 2. The molecule has 1 aliphatic rings. The van der Waals surface area contributed by atoms with Crippen LogP contribution in [0.3, 0.4) is 0 Å². The monoisotopic (exact) mass is 476 g/mol. The molecule has 5 rings (SSSR count). The van der Waals surface area contributed by atoms with E-state index in [0.717, 1.165) is 55.0 Å². The normalized spacial score (nSPS) is 14.7. The van der Waals surface area contributed by atoms with Gasteiger partial charge in [-0.3, -0.25) is 23.8 Å². The molecule has 182 valence electrons. The van der Waals surface area contributed by atoms with Crippen LogP contribution in [0.4, 0.5) is 10.3 Å². The molecular weight excluding hydrogens is 447 g/mol. The van der Waals surface area contributed by atoms with Crippen molar-refractivity contribution in [1.29, 1.82) is 0 Å². The summed E-state index contributed by atoms with van der Waals surface area (Å²) in [4.78, 5) is 36.9. The smallest absolute Gasteiger partial charge is 0.329 e. The number of aromatic amines is 1. The van der Waals surface area contributed by atoms with Gasteiger partial charge >= 0.3 is 5.69 Å². The molecule has 1 N–H and O–H groups in total. The summed E-state index contributed by atoms with van der Waals surface area (Å²) in [6.07, 6.45) is 0. The second kappa shape index (κ2) is 9.14. The molecule has 9 heteroatoms. The topological polar surface area (TPSA) is 79.2 Å². The van der Waals surface area contributed by atoms with Gasteiger partial charge in [0.1, 0.15) is 5.82 Å². The Hall–Kier alpha value is -3.72. The summed E-state index contributed by atoms with van der Waals surface area (Å²) in [6, 6.07) is 12.9. The Morgan fingerprint density at radius 1 is 0.971 bits per heavy atom. The van der Waals surface area contributed by atoms with Crippen molar-refractivity contribution >= 4 is 17.1 Å². The summed E-state index contributed by atoms with van der Waals surface area (Å²) in [5, 5.41) is 0. The van der Waals surface area contributed by atoms with Crippen molar-refractivity contribution < 1.29 is 4.39 Å². The van der Waals surface area contributed by atoms with Crippen molar-refractivity contribution in [2.24, 2.45) is 7.05 Å². The quantitative estimate of drug-likeness (QED) is 0.479. The summed E-state index contributed by atoms with van der Waals surface area (Å²) < 4.78 is 16.6. The Morgan fingerprint density at radius 2 is 1.69 bits per heavy atom. The van der Waals surface area contributed by atoms with E-state index in [1.807, 2.05) is 23.6 Å². The van der Waals surface area contributed by atoms with Gasteiger partial charge in [0.2, 0.25) is 5.95 Å². The zero-order valence-corrected chi connectivity index (χ0v) is 20.2. The van der Waals surface area contributed by atoms with E-state index < -0.39 is 11.2 Å². The molecule has 1 aliphatic heterocycles. The number of aromatic nitrogens is 4. The Bertz CT molecular complexity index is 1490. The van der Waals surface area contributed by atoms with E-state index in [4.69, 9.17) is 4.98 Å². The van der Waals surface area contributed by atoms with Crippen LogP contribution in [0.5, 0.6) is 0 Å². The molecule has 0 atom stereocenters. The van der Waals surface area contributed by atoms with Crippen LogP contribution in [-0.4, -0.2) is 50.2 Å². The highest BCUT2D eigenvalue weighted by Gasteiger charge is 2.25. The second-order valence-corrected chi connectivity index (χ2v) is 9.31. The highest BCUT2D eigenvalue weighted by atomic mass is 19.1. The Kier molecular flexibility index (Phi) is 6.02. The molecule has 0 bridgehead atoms. The summed E-state index contributed by atoms with van der Waals surface area (Å²) in [5.41, 5.74) is 4.33. The molecular formula is C26H29FN6O2. The summed E-state index contributed by atoms with van der Waals surface area (Å²) >= 11 is 0. The van der Waals surface area contributed by atoms with Crippen LogP contribution in [-0.2, 0) is 20.1 Å². The van der Waals surface area contributed by atoms with Crippen molar-refractivity contribution in [3.05, 3.63) is 91.4 Å². The minimum Gasteiger partial charge on any atom is -0.340 e.